The molecule has 5 nitrogen and oxygen atoms in total. The highest BCUT2D eigenvalue weighted by molar-refractivity contribution is 7.85. The van der Waals surface area contributed by atoms with Crippen molar-refractivity contribution in [1.29, 1.82) is 0 Å². The highest BCUT2D eigenvalue weighted by atomic mass is 35.5. The van der Waals surface area contributed by atoms with E-state index in [2.05, 4.69) is 4.98 Å². The number of aromatic nitrogens is 2. The molecule has 0 atom stereocenters. The second-order valence-corrected chi connectivity index (χ2v) is 6.80. The van der Waals surface area contributed by atoms with Crippen LogP contribution in [0.5, 0.6) is 0 Å². The van der Waals surface area contributed by atoms with E-state index >= 15 is 0 Å². The van der Waals surface area contributed by atoms with Crippen molar-refractivity contribution in [1.82, 2.24) is 9.55 Å². The van der Waals surface area contributed by atoms with Gasteiger partial charge in [0.15, 0.2) is 0 Å². The first-order valence-electron chi connectivity index (χ1n) is 6.42. The number of aromatic amines is 1. The zero-order valence-corrected chi connectivity index (χ0v) is 12.4. The van der Waals surface area contributed by atoms with Crippen LogP contribution in [0.4, 0.5) is 0 Å². The molecule has 106 valence electrons. The Labute approximate surface area is 118 Å². The lowest BCUT2D eigenvalue weighted by Crippen LogP contribution is -2.42. The molecule has 1 aliphatic heterocycles. The Bertz CT molecular complexity index is 598. The number of nitrogens with one attached hydrogen (secondary N) is 1. The van der Waals surface area contributed by atoms with E-state index in [1.807, 2.05) is 6.92 Å². The Morgan fingerprint density at radius 1 is 1.37 bits per heavy atom. The van der Waals surface area contributed by atoms with Gasteiger partial charge in [0.25, 0.3) is 5.56 Å². The Balaban J connectivity index is 2.45. The average Bonchev–Trinajstić information content (AvgIpc) is 2.36. The molecular weight excluding hydrogens is 288 g/mol. The number of hydrogen-bond acceptors (Lipinski definition) is 3. The fourth-order valence-corrected chi connectivity index (χ4v) is 3.93. The molecule has 0 aromatic carbocycles. The van der Waals surface area contributed by atoms with Crippen molar-refractivity contribution in [2.45, 2.75) is 38.6 Å². The lowest BCUT2D eigenvalue weighted by Gasteiger charge is -2.23. The second kappa shape index (κ2) is 6.05. The van der Waals surface area contributed by atoms with Gasteiger partial charge in [0.2, 0.25) is 0 Å². The molecule has 0 aliphatic carbocycles. The van der Waals surface area contributed by atoms with Crippen LogP contribution in [0.2, 0.25) is 5.15 Å². The Morgan fingerprint density at radius 3 is 2.58 bits per heavy atom. The summed E-state index contributed by atoms with van der Waals surface area (Å²) in [4.78, 5) is 26.8. The lowest BCUT2D eigenvalue weighted by atomic mass is 10.1. The largest absolute Gasteiger partial charge is 0.329 e. The van der Waals surface area contributed by atoms with E-state index in [-0.39, 0.29) is 16.8 Å². The Hall–Kier alpha value is -0.880. The van der Waals surface area contributed by atoms with E-state index in [0.29, 0.717) is 36.3 Å². The summed E-state index contributed by atoms with van der Waals surface area (Å²) in [7, 11) is -0.815. The van der Waals surface area contributed by atoms with Gasteiger partial charge >= 0.3 is 5.69 Å². The van der Waals surface area contributed by atoms with Gasteiger partial charge in [0.05, 0.1) is 5.56 Å². The monoisotopic (exact) mass is 304 g/mol. The third-order valence-electron chi connectivity index (χ3n) is 3.40. The second-order valence-electron chi connectivity index (χ2n) is 4.73. The summed E-state index contributed by atoms with van der Waals surface area (Å²) in [6.45, 7) is 1.95. The Kier molecular flexibility index (Phi) is 4.62. The van der Waals surface area contributed by atoms with Gasteiger partial charge in [-0.1, -0.05) is 24.9 Å². The molecule has 0 radical (unpaired) electrons. The fraction of sp³-hybridized carbons (Fsp3) is 0.667. The van der Waals surface area contributed by atoms with Crippen molar-refractivity contribution in [3.8, 4) is 0 Å². The summed E-state index contributed by atoms with van der Waals surface area (Å²) in [5, 5.41) is 0.146. The molecule has 1 N–H and O–H groups in total. The van der Waals surface area contributed by atoms with E-state index in [1.165, 1.54) is 4.57 Å². The first kappa shape index (κ1) is 14.5. The molecular formula is C12H17ClN2O3S. The number of hydrogen-bond donors (Lipinski definition) is 1. The number of halogens is 1. The van der Waals surface area contributed by atoms with Gasteiger partial charge < -0.3 is 0 Å². The molecule has 1 aromatic heterocycles. The van der Waals surface area contributed by atoms with Gasteiger partial charge in [-0.15, -0.1) is 0 Å². The quantitative estimate of drug-likeness (QED) is 0.854. The summed E-state index contributed by atoms with van der Waals surface area (Å²) in [6, 6.07) is -0.165. The molecule has 7 heteroatoms. The van der Waals surface area contributed by atoms with Crippen LogP contribution < -0.4 is 11.2 Å². The van der Waals surface area contributed by atoms with Crippen molar-refractivity contribution >= 4 is 22.4 Å². The van der Waals surface area contributed by atoms with Gasteiger partial charge in [-0.25, -0.2) is 4.79 Å². The van der Waals surface area contributed by atoms with Crippen molar-refractivity contribution in [2.24, 2.45) is 0 Å². The normalized spacial score (nSPS) is 23.5. The third-order valence-corrected chi connectivity index (χ3v) is 5.10. The topological polar surface area (TPSA) is 71.9 Å². The minimum Gasteiger partial charge on any atom is -0.297 e. The standard InChI is InChI=1S/C12H17ClN2O3S/c1-2-3-9-10(13)14-12(17)15(11(9)16)8-4-6-19(18)7-5-8/h8H,2-7H2,1H3,(H,14,17). The third kappa shape index (κ3) is 3.00. The van der Waals surface area contributed by atoms with Crippen LogP contribution in [0, 0.1) is 0 Å². The molecule has 0 bridgehead atoms. The summed E-state index contributed by atoms with van der Waals surface area (Å²) >= 11 is 5.93. The average molecular weight is 305 g/mol. The van der Waals surface area contributed by atoms with E-state index in [9.17, 15) is 13.8 Å². The highest BCUT2D eigenvalue weighted by Gasteiger charge is 2.24. The molecule has 0 saturated carbocycles. The van der Waals surface area contributed by atoms with Gasteiger partial charge in [-0.2, -0.15) is 0 Å². The lowest BCUT2D eigenvalue weighted by molar-refractivity contribution is 0.429. The maximum absolute atomic E-state index is 12.4. The number of nitrogens with zero attached hydrogens (tertiary/aromatic N) is 1. The molecule has 0 spiro atoms. The van der Waals surface area contributed by atoms with E-state index in [0.717, 1.165) is 6.42 Å². The molecule has 1 fully saturated rings. The summed E-state index contributed by atoms with van der Waals surface area (Å²) in [5.41, 5.74) is -0.295. The predicted octanol–water partition coefficient (Wildman–Crippen LogP) is 1.23. The SMILES string of the molecule is CCCc1c(Cl)[nH]c(=O)n(C2CCS(=O)CC2)c1=O. The molecule has 0 unspecified atom stereocenters. The van der Waals surface area contributed by atoms with Crippen LogP contribution in [-0.4, -0.2) is 25.3 Å². The first-order valence-corrected chi connectivity index (χ1v) is 8.29. The van der Waals surface area contributed by atoms with Crippen molar-refractivity contribution in [3.05, 3.63) is 31.6 Å². The van der Waals surface area contributed by atoms with E-state index in [4.69, 9.17) is 11.6 Å². The molecule has 1 saturated heterocycles. The zero-order chi connectivity index (χ0) is 14.0. The molecule has 1 aliphatic rings. The molecule has 2 rings (SSSR count). The molecule has 1 aromatic rings. The smallest absolute Gasteiger partial charge is 0.297 e. The van der Waals surface area contributed by atoms with Crippen LogP contribution in [0.3, 0.4) is 0 Å². The van der Waals surface area contributed by atoms with Crippen LogP contribution >= 0.6 is 11.6 Å². The maximum Gasteiger partial charge on any atom is 0.329 e. The zero-order valence-electron chi connectivity index (χ0n) is 10.8. The van der Waals surface area contributed by atoms with Gasteiger partial charge in [-0.3, -0.25) is 18.6 Å². The summed E-state index contributed by atoms with van der Waals surface area (Å²) in [5.74, 6) is 1.09. The minimum absolute atomic E-state index is 0.146. The highest BCUT2D eigenvalue weighted by Crippen LogP contribution is 2.20. The first-order chi connectivity index (χ1) is 9.04. The minimum atomic E-state index is -0.815. The van der Waals surface area contributed by atoms with Crippen LogP contribution in [0.15, 0.2) is 9.59 Å². The molecule has 2 heterocycles. The van der Waals surface area contributed by atoms with Crippen LogP contribution in [0.1, 0.15) is 37.8 Å². The Morgan fingerprint density at radius 2 is 2.00 bits per heavy atom. The van der Waals surface area contributed by atoms with E-state index < -0.39 is 16.5 Å². The fourth-order valence-electron chi connectivity index (χ4n) is 2.40. The van der Waals surface area contributed by atoms with Gasteiger partial charge in [0.1, 0.15) is 5.15 Å². The van der Waals surface area contributed by atoms with Crippen molar-refractivity contribution in [3.63, 3.8) is 0 Å². The van der Waals surface area contributed by atoms with Gasteiger partial charge in [0, 0.05) is 28.3 Å². The number of H-pyrrole nitrogens is 1. The van der Waals surface area contributed by atoms with Crippen molar-refractivity contribution in [2.75, 3.05) is 11.5 Å². The van der Waals surface area contributed by atoms with Gasteiger partial charge in [-0.05, 0) is 19.3 Å². The van der Waals surface area contributed by atoms with Crippen LogP contribution in [-0.2, 0) is 17.2 Å². The van der Waals surface area contributed by atoms with Crippen molar-refractivity contribution < 1.29 is 4.21 Å². The molecule has 19 heavy (non-hydrogen) atoms. The summed E-state index contributed by atoms with van der Waals surface area (Å²) in [6.07, 6.45) is 2.54. The maximum atomic E-state index is 12.4. The molecule has 0 amide bonds. The summed E-state index contributed by atoms with van der Waals surface area (Å²) < 4.78 is 12.6. The predicted molar refractivity (Wildman–Crippen MR) is 76.5 cm³/mol. The van der Waals surface area contributed by atoms with Crippen LogP contribution in [0.25, 0.3) is 0 Å². The number of rotatable bonds is 3. The van der Waals surface area contributed by atoms with E-state index in [1.54, 1.807) is 0 Å².